The van der Waals surface area contributed by atoms with Crippen LogP contribution in [-0.4, -0.2) is 48.1 Å². The Kier molecular flexibility index (Phi) is 5.13. The molecule has 2 aliphatic heterocycles. The molecule has 32 heavy (non-hydrogen) atoms. The molecular weight excluding hydrogens is 400 g/mol. The third-order valence-corrected chi connectivity index (χ3v) is 8.92. The van der Waals surface area contributed by atoms with Crippen LogP contribution in [0.15, 0.2) is 36.4 Å². The molecular formula is C27H34N2O3. The molecule has 5 heteroatoms. The van der Waals surface area contributed by atoms with Gasteiger partial charge in [-0.2, -0.15) is 0 Å². The van der Waals surface area contributed by atoms with Crippen LogP contribution in [0.1, 0.15) is 73.2 Å². The van der Waals surface area contributed by atoms with E-state index in [1.54, 1.807) is 0 Å². The zero-order chi connectivity index (χ0) is 21.7. The van der Waals surface area contributed by atoms with Gasteiger partial charge in [-0.25, -0.2) is 0 Å². The third-order valence-electron chi connectivity index (χ3n) is 8.92. The summed E-state index contributed by atoms with van der Waals surface area (Å²) in [6, 6.07) is 7.82. The van der Waals surface area contributed by atoms with Crippen LogP contribution in [0.25, 0.3) is 0 Å². The predicted octanol–water partition coefficient (Wildman–Crippen LogP) is 4.05. The van der Waals surface area contributed by atoms with Crippen LogP contribution in [0.3, 0.4) is 0 Å². The highest BCUT2D eigenvalue weighted by atomic mass is 16.5. The number of rotatable bonds is 5. The van der Waals surface area contributed by atoms with Gasteiger partial charge in [0.15, 0.2) is 0 Å². The summed E-state index contributed by atoms with van der Waals surface area (Å²) in [5.41, 5.74) is 1.20. The van der Waals surface area contributed by atoms with Gasteiger partial charge in [-0.1, -0.05) is 43.2 Å². The Balaban J connectivity index is 1.32. The van der Waals surface area contributed by atoms with Gasteiger partial charge in [-0.3, -0.25) is 9.59 Å². The molecule has 5 atom stereocenters. The summed E-state index contributed by atoms with van der Waals surface area (Å²) < 4.78 is 5.93. The van der Waals surface area contributed by atoms with E-state index < -0.39 is 5.54 Å². The summed E-state index contributed by atoms with van der Waals surface area (Å²) in [5.74, 6) is 1.78. The van der Waals surface area contributed by atoms with Crippen LogP contribution in [0.5, 0.6) is 0 Å². The van der Waals surface area contributed by atoms with Crippen molar-refractivity contribution >= 4 is 11.8 Å². The quantitative estimate of drug-likeness (QED) is 0.712. The second-order valence-corrected chi connectivity index (χ2v) is 10.7. The molecule has 1 aromatic rings. The van der Waals surface area contributed by atoms with Crippen molar-refractivity contribution in [3.8, 4) is 0 Å². The van der Waals surface area contributed by atoms with Crippen molar-refractivity contribution in [2.45, 2.75) is 68.9 Å². The molecule has 170 valence electrons. The van der Waals surface area contributed by atoms with E-state index in [-0.39, 0.29) is 23.8 Å². The summed E-state index contributed by atoms with van der Waals surface area (Å²) in [4.78, 5) is 29.7. The monoisotopic (exact) mass is 434 g/mol. The molecule has 6 rings (SSSR count). The first-order valence-electron chi connectivity index (χ1n) is 12.6. The lowest BCUT2D eigenvalue weighted by molar-refractivity contribution is -0.127. The maximum absolute atomic E-state index is 13.9. The summed E-state index contributed by atoms with van der Waals surface area (Å²) in [5, 5.41) is 3.36. The van der Waals surface area contributed by atoms with E-state index in [2.05, 4.69) is 22.4 Å². The molecule has 2 heterocycles. The van der Waals surface area contributed by atoms with Crippen molar-refractivity contribution in [1.82, 2.24) is 10.2 Å². The summed E-state index contributed by atoms with van der Waals surface area (Å²) in [7, 11) is 0. The number of nitrogens with one attached hydrogen (secondary N) is 1. The van der Waals surface area contributed by atoms with Crippen molar-refractivity contribution in [3.05, 3.63) is 47.5 Å². The SMILES string of the molecule is O=C(NC[C@H]1C[C@@H]2C=C[C@@H]1C2)[C@@H]1c2ccccc2C(=O)N(C[C@H]2CCCO2)C12CCCC2. The molecule has 0 unspecified atom stereocenters. The van der Waals surface area contributed by atoms with Gasteiger partial charge < -0.3 is 15.0 Å². The van der Waals surface area contributed by atoms with Crippen LogP contribution in [0.2, 0.25) is 0 Å². The van der Waals surface area contributed by atoms with E-state index >= 15 is 0 Å². The molecule has 0 radical (unpaired) electrons. The van der Waals surface area contributed by atoms with Crippen molar-refractivity contribution in [2.24, 2.45) is 17.8 Å². The zero-order valence-electron chi connectivity index (χ0n) is 18.8. The van der Waals surface area contributed by atoms with Gasteiger partial charge >= 0.3 is 0 Å². The van der Waals surface area contributed by atoms with E-state index in [1.807, 2.05) is 24.3 Å². The van der Waals surface area contributed by atoms with Gasteiger partial charge in [0.2, 0.25) is 5.91 Å². The highest BCUT2D eigenvalue weighted by molar-refractivity contribution is 6.02. The second-order valence-electron chi connectivity index (χ2n) is 10.7. The Morgan fingerprint density at radius 3 is 2.69 bits per heavy atom. The number of ether oxygens (including phenoxy) is 1. The fraction of sp³-hybridized carbons (Fsp3) is 0.630. The second kappa shape index (κ2) is 8.02. The third kappa shape index (κ3) is 3.23. The number of nitrogens with zero attached hydrogens (tertiary/aromatic N) is 1. The largest absolute Gasteiger partial charge is 0.376 e. The van der Waals surface area contributed by atoms with Crippen molar-refractivity contribution < 1.29 is 14.3 Å². The van der Waals surface area contributed by atoms with Gasteiger partial charge in [0.25, 0.3) is 5.91 Å². The number of hydrogen-bond donors (Lipinski definition) is 1. The lowest BCUT2D eigenvalue weighted by Crippen LogP contribution is -2.62. The molecule has 0 aromatic heterocycles. The molecule has 2 saturated carbocycles. The summed E-state index contributed by atoms with van der Waals surface area (Å²) >= 11 is 0. The van der Waals surface area contributed by atoms with Crippen molar-refractivity contribution in [1.29, 1.82) is 0 Å². The van der Waals surface area contributed by atoms with Crippen molar-refractivity contribution in [3.63, 3.8) is 0 Å². The minimum atomic E-state index is -0.421. The molecule has 1 saturated heterocycles. The van der Waals surface area contributed by atoms with Gasteiger partial charge in [-0.05, 0) is 67.9 Å². The fourth-order valence-corrected chi connectivity index (χ4v) is 7.39. The number of fused-ring (bicyclic) bond motifs is 3. The van der Waals surface area contributed by atoms with Gasteiger partial charge in [0.1, 0.15) is 0 Å². The van der Waals surface area contributed by atoms with E-state index in [4.69, 9.17) is 4.74 Å². The first-order valence-corrected chi connectivity index (χ1v) is 12.6. The fourth-order valence-electron chi connectivity index (χ4n) is 7.39. The standard InChI is InChI=1S/C27H34N2O3/c30-25(28-16-20-15-18-9-10-19(20)14-18)24-22-7-1-2-8-23(22)26(31)29(17-21-6-5-13-32-21)27(24)11-3-4-12-27/h1-2,7-10,18-21,24H,3-6,11-17H2,(H,28,30)/t18-,19-,20-,21-,24+/m1/s1. The van der Waals surface area contributed by atoms with Crippen LogP contribution < -0.4 is 5.32 Å². The smallest absolute Gasteiger partial charge is 0.254 e. The maximum Gasteiger partial charge on any atom is 0.254 e. The number of hydrogen-bond acceptors (Lipinski definition) is 3. The van der Waals surface area contributed by atoms with Crippen LogP contribution >= 0.6 is 0 Å². The van der Waals surface area contributed by atoms with Gasteiger partial charge in [-0.15, -0.1) is 0 Å². The molecule has 3 fully saturated rings. The average Bonchev–Trinajstić information content (AvgIpc) is 3.61. The van der Waals surface area contributed by atoms with Gasteiger partial charge in [0.05, 0.1) is 17.6 Å². The molecule has 2 bridgehead atoms. The molecule has 1 spiro atoms. The first-order chi connectivity index (χ1) is 15.7. The lowest BCUT2D eigenvalue weighted by atomic mass is 9.70. The Bertz CT molecular complexity index is 929. The molecule has 2 amide bonds. The Labute approximate surface area is 190 Å². The number of amides is 2. The topological polar surface area (TPSA) is 58.6 Å². The minimum Gasteiger partial charge on any atom is -0.376 e. The van der Waals surface area contributed by atoms with E-state index in [1.165, 1.54) is 12.8 Å². The highest BCUT2D eigenvalue weighted by Gasteiger charge is 2.56. The molecule has 3 aliphatic carbocycles. The number of benzene rings is 1. The van der Waals surface area contributed by atoms with Crippen LogP contribution in [-0.2, 0) is 9.53 Å². The Morgan fingerprint density at radius 2 is 1.97 bits per heavy atom. The summed E-state index contributed by atoms with van der Waals surface area (Å²) in [6.07, 6.45) is 13.2. The Morgan fingerprint density at radius 1 is 1.12 bits per heavy atom. The van der Waals surface area contributed by atoms with Crippen LogP contribution in [0, 0.1) is 17.8 Å². The zero-order valence-corrected chi connectivity index (χ0v) is 18.8. The van der Waals surface area contributed by atoms with Crippen molar-refractivity contribution in [2.75, 3.05) is 19.7 Å². The van der Waals surface area contributed by atoms with E-state index in [0.717, 1.165) is 57.2 Å². The number of carbonyl (C=O) groups is 2. The maximum atomic E-state index is 13.9. The van der Waals surface area contributed by atoms with Crippen LogP contribution in [0.4, 0.5) is 0 Å². The predicted molar refractivity (Wildman–Crippen MR) is 122 cm³/mol. The van der Waals surface area contributed by atoms with Gasteiger partial charge in [0, 0.05) is 25.3 Å². The first kappa shape index (κ1) is 20.5. The molecule has 1 N–H and O–H groups in total. The van der Waals surface area contributed by atoms with E-state index in [9.17, 15) is 9.59 Å². The van der Waals surface area contributed by atoms with E-state index in [0.29, 0.717) is 29.9 Å². The molecule has 1 aromatic carbocycles. The lowest BCUT2D eigenvalue weighted by Gasteiger charge is -2.50. The highest BCUT2D eigenvalue weighted by Crippen LogP contribution is 2.51. The normalized spacial score (nSPS) is 34.4. The average molecular weight is 435 g/mol. The Hall–Kier alpha value is -2.14. The molecule has 5 nitrogen and oxygen atoms in total. The summed E-state index contributed by atoms with van der Waals surface area (Å²) in [6.45, 7) is 2.13. The number of carbonyl (C=O) groups excluding carboxylic acids is 2. The molecule has 5 aliphatic rings. The number of allylic oxidation sites excluding steroid dienone is 2. The minimum absolute atomic E-state index is 0.0836.